The number of ether oxygens (including phenoxy) is 1. The number of carbonyl (C=O) groups excluding carboxylic acids is 3. The van der Waals surface area contributed by atoms with E-state index in [1.807, 2.05) is 0 Å². The topological polar surface area (TPSA) is 83.9 Å². The zero-order valence-electron chi connectivity index (χ0n) is 12.6. The number of carbonyl (C=O) groups is 3. The summed E-state index contributed by atoms with van der Waals surface area (Å²) in [5, 5.41) is 9.36. The van der Waals surface area contributed by atoms with Gasteiger partial charge in [-0.2, -0.15) is 26.3 Å². The first-order chi connectivity index (χ1) is 10.7. The standard InChI is InChI=1S/C12H15F6NO5/c1-3-4-5-24-8(21)7(6(2)20)19(9(22)11(13,14)15)10(23)12(16,17)18/h6-7,20H,3-5H2,1-2H3/t6?,7-/m0/s1. The summed E-state index contributed by atoms with van der Waals surface area (Å²) in [4.78, 5) is 32.7. The van der Waals surface area contributed by atoms with Gasteiger partial charge in [-0.3, -0.25) is 9.59 Å². The van der Waals surface area contributed by atoms with Crippen LogP contribution < -0.4 is 0 Å². The van der Waals surface area contributed by atoms with E-state index in [0.717, 1.165) is 0 Å². The number of rotatable bonds is 6. The normalized spacial score (nSPS) is 14.7. The van der Waals surface area contributed by atoms with Crippen LogP contribution in [-0.4, -0.2) is 58.9 Å². The molecule has 140 valence electrons. The molecule has 6 nitrogen and oxygen atoms in total. The zero-order valence-corrected chi connectivity index (χ0v) is 12.6. The van der Waals surface area contributed by atoms with Crippen molar-refractivity contribution in [3.8, 4) is 0 Å². The van der Waals surface area contributed by atoms with Crippen molar-refractivity contribution in [1.29, 1.82) is 0 Å². The van der Waals surface area contributed by atoms with Crippen LogP contribution in [0.2, 0.25) is 0 Å². The Balaban J connectivity index is 5.81. The van der Waals surface area contributed by atoms with Gasteiger partial charge in [0.15, 0.2) is 6.04 Å². The molecule has 0 aliphatic carbocycles. The first-order valence-corrected chi connectivity index (χ1v) is 6.61. The van der Waals surface area contributed by atoms with Crippen molar-refractivity contribution in [2.45, 2.75) is 51.2 Å². The average Bonchev–Trinajstić information content (AvgIpc) is 2.40. The zero-order chi connectivity index (χ0) is 19.3. The lowest BCUT2D eigenvalue weighted by molar-refractivity contribution is -0.211. The Labute approximate surface area is 132 Å². The van der Waals surface area contributed by atoms with Crippen LogP contribution in [0.25, 0.3) is 0 Å². The van der Waals surface area contributed by atoms with Gasteiger partial charge in [0.05, 0.1) is 12.7 Å². The van der Waals surface area contributed by atoms with E-state index < -0.39 is 47.2 Å². The fraction of sp³-hybridized carbons (Fsp3) is 0.750. The van der Waals surface area contributed by atoms with Gasteiger partial charge in [0.25, 0.3) is 0 Å². The Morgan fingerprint density at radius 2 is 1.46 bits per heavy atom. The summed E-state index contributed by atoms with van der Waals surface area (Å²) < 4.78 is 79.4. The molecule has 24 heavy (non-hydrogen) atoms. The Kier molecular flexibility index (Phi) is 7.67. The van der Waals surface area contributed by atoms with E-state index >= 15 is 0 Å². The minimum Gasteiger partial charge on any atom is -0.464 e. The highest BCUT2D eigenvalue weighted by Gasteiger charge is 2.56. The molecule has 1 N–H and O–H groups in total. The molecule has 0 fully saturated rings. The van der Waals surface area contributed by atoms with Gasteiger partial charge in [0, 0.05) is 0 Å². The van der Waals surface area contributed by atoms with Crippen molar-refractivity contribution in [1.82, 2.24) is 4.90 Å². The number of hydrogen-bond donors (Lipinski definition) is 1. The second-order valence-corrected chi connectivity index (χ2v) is 4.68. The van der Waals surface area contributed by atoms with E-state index in [0.29, 0.717) is 13.3 Å². The molecule has 0 radical (unpaired) electrons. The van der Waals surface area contributed by atoms with Gasteiger partial charge in [0.1, 0.15) is 0 Å². The van der Waals surface area contributed by atoms with E-state index in [4.69, 9.17) is 0 Å². The molecule has 0 aromatic rings. The number of aliphatic hydroxyl groups is 1. The minimum atomic E-state index is -5.88. The van der Waals surface area contributed by atoms with Crippen molar-refractivity contribution in [2.75, 3.05) is 6.61 Å². The van der Waals surface area contributed by atoms with Gasteiger partial charge in [-0.1, -0.05) is 13.3 Å². The Morgan fingerprint density at radius 1 is 1.04 bits per heavy atom. The van der Waals surface area contributed by atoms with E-state index in [9.17, 15) is 45.8 Å². The number of esters is 1. The monoisotopic (exact) mass is 367 g/mol. The highest BCUT2D eigenvalue weighted by atomic mass is 19.4. The maximum Gasteiger partial charge on any atom is 0.471 e. The maximum absolute atomic E-state index is 12.5. The second kappa shape index (κ2) is 8.31. The van der Waals surface area contributed by atoms with Gasteiger partial charge in [0.2, 0.25) is 0 Å². The minimum absolute atomic E-state index is 0.235. The number of unbranched alkanes of at least 4 members (excludes halogenated alkanes) is 1. The summed E-state index contributed by atoms with van der Waals surface area (Å²) in [6.45, 7) is 1.94. The SMILES string of the molecule is CCCCOC(=O)[C@H](C(C)O)N(C(=O)C(F)(F)F)C(=O)C(F)(F)F. The third kappa shape index (κ3) is 5.98. The summed E-state index contributed by atoms with van der Waals surface area (Å²) in [7, 11) is 0. The number of nitrogens with zero attached hydrogens (tertiary/aromatic N) is 1. The van der Waals surface area contributed by atoms with Crippen molar-refractivity contribution in [3.05, 3.63) is 0 Å². The number of alkyl halides is 6. The lowest BCUT2D eigenvalue weighted by Crippen LogP contribution is -2.60. The number of amides is 2. The van der Waals surface area contributed by atoms with Crippen molar-refractivity contribution < 1.29 is 50.6 Å². The first kappa shape index (κ1) is 22.1. The van der Waals surface area contributed by atoms with Gasteiger partial charge in [-0.15, -0.1) is 0 Å². The van der Waals surface area contributed by atoms with Crippen molar-refractivity contribution in [3.63, 3.8) is 0 Å². The van der Waals surface area contributed by atoms with Crippen LogP contribution in [0.4, 0.5) is 26.3 Å². The summed E-state index contributed by atoms with van der Waals surface area (Å²) in [6, 6.07) is -2.79. The van der Waals surface area contributed by atoms with Crippen LogP contribution in [0.1, 0.15) is 26.7 Å². The second-order valence-electron chi connectivity index (χ2n) is 4.68. The third-order valence-electron chi connectivity index (χ3n) is 2.64. The Morgan fingerprint density at radius 3 is 1.75 bits per heavy atom. The molecule has 0 bridgehead atoms. The van der Waals surface area contributed by atoms with Crippen molar-refractivity contribution >= 4 is 17.8 Å². The molecule has 2 atom stereocenters. The first-order valence-electron chi connectivity index (χ1n) is 6.61. The molecule has 12 heteroatoms. The van der Waals surface area contributed by atoms with Crippen LogP contribution in [0, 0.1) is 0 Å². The third-order valence-corrected chi connectivity index (χ3v) is 2.64. The van der Waals surface area contributed by atoms with E-state index in [2.05, 4.69) is 4.74 Å². The van der Waals surface area contributed by atoms with Gasteiger partial charge < -0.3 is 9.84 Å². The number of imide groups is 1. The van der Waals surface area contributed by atoms with E-state index in [1.165, 1.54) is 0 Å². The summed E-state index contributed by atoms with van der Waals surface area (Å²) in [6.07, 6.45) is -13.3. The summed E-state index contributed by atoms with van der Waals surface area (Å²) in [5.74, 6) is -8.22. The van der Waals surface area contributed by atoms with Crippen LogP contribution in [0.15, 0.2) is 0 Å². The van der Waals surface area contributed by atoms with Crippen LogP contribution >= 0.6 is 0 Å². The number of halogens is 6. The molecule has 2 amide bonds. The maximum atomic E-state index is 12.5. The predicted octanol–water partition coefficient (Wildman–Crippen LogP) is 1.56. The molecule has 0 aliphatic rings. The molecular weight excluding hydrogens is 352 g/mol. The van der Waals surface area contributed by atoms with Gasteiger partial charge >= 0.3 is 30.1 Å². The van der Waals surface area contributed by atoms with E-state index in [-0.39, 0.29) is 13.0 Å². The van der Waals surface area contributed by atoms with Crippen LogP contribution in [0.5, 0.6) is 0 Å². The van der Waals surface area contributed by atoms with Gasteiger partial charge in [-0.25, -0.2) is 9.69 Å². The fourth-order valence-electron chi connectivity index (χ4n) is 1.54. The average molecular weight is 367 g/mol. The lowest BCUT2D eigenvalue weighted by atomic mass is 10.1. The molecule has 0 aliphatic heterocycles. The molecule has 0 saturated carbocycles. The molecule has 0 spiro atoms. The smallest absolute Gasteiger partial charge is 0.464 e. The molecule has 1 unspecified atom stereocenters. The largest absolute Gasteiger partial charge is 0.471 e. The molecule has 0 rings (SSSR count). The number of hydrogen-bond acceptors (Lipinski definition) is 5. The molecule has 0 saturated heterocycles. The molecule has 0 aromatic heterocycles. The van der Waals surface area contributed by atoms with Crippen molar-refractivity contribution in [2.24, 2.45) is 0 Å². The Hall–Kier alpha value is -1.85. The summed E-state index contributed by atoms with van der Waals surface area (Å²) >= 11 is 0. The predicted molar refractivity (Wildman–Crippen MR) is 65.3 cm³/mol. The quantitative estimate of drug-likeness (QED) is 0.438. The fourth-order valence-corrected chi connectivity index (χ4v) is 1.54. The van der Waals surface area contributed by atoms with Crippen LogP contribution in [-0.2, 0) is 19.1 Å². The molecule has 0 heterocycles. The molecular formula is C12H15F6NO5. The number of aliphatic hydroxyl groups excluding tert-OH is 1. The van der Waals surface area contributed by atoms with E-state index in [1.54, 1.807) is 6.92 Å². The summed E-state index contributed by atoms with van der Waals surface area (Å²) in [5.41, 5.74) is 0. The Bertz CT molecular complexity index is 448. The highest BCUT2D eigenvalue weighted by Crippen LogP contribution is 2.27. The van der Waals surface area contributed by atoms with Crippen LogP contribution in [0.3, 0.4) is 0 Å². The lowest BCUT2D eigenvalue weighted by Gasteiger charge is -2.31. The van der Waals surface area contributed by atoms with Gasteiger partial charge in [-0.05, 0) is 13.3 Å². The molecule has 0 aromatic carbocycles. The highest BCUT2D eigenvalue weighted by molar-refractivity contribution is 6.03.